The van der Waals surface area contributed by atoms with Gasteiger partial charge in [0.15, 0.2) is 0 Å². The van der Waals surface area contributed by atoms with E-state index in [9.17, 15) is 4.39 Å². The maximum atomic E-state index is 13.0. The monoisotopic (exact) mass is 373 g/mol. The van der Waals surface area contributed by atoms with Gasteiger partial charge in [0.05, 0.1) is 5.69 Å². The van der Waals surface area contributed by atoms with Gasteiger partial charge in [-0.25, -0.2) is 4.39 Å². The molecule has 0 unspecified atom stereocenters. The van der Waals surface area contributed by atoms with Crippen LogP contribution in [0.1, 0.15) is 29.9 Å². The number of halogens is 1. The molecule has 5 rings (SSSR count). The van der Waals surface area contributed by atoms with E-state index >= 15 is 0 Å². The molecule has 0 radical (unpaired) electrons. The van der Waals surface area contributed by atoms with Crippen LogP contribution in [0.5, 0.6) is 5.75 Å². The Labute approximate surface area is 160 Å². The van der Waals surface area contributed by atoms with Gasteiger partial charge in [0.25, 0.3) is 0 Å². The van der Waals surface area contributed by atoms with Gasteiger partial charge in [0, 0.05) is 44.3 Å². The smallest absolute Gasteiger partial charge is 0.138 e. The van der Waals surface area contributed by atoms with Crippen LogP contribution in [0, 0.1) is 25.6 Å². The van der Waals surface area contributed by atoms with Crippen LogP contribution < -0.4 is 4.74 Å². The lowest BCUT2D eigenvalue weighted by Crippen LogP contribution is -2.45. The van der Waals surface area contributed by atoms with E-state index in [1.165, 1.54) is 30.5 Å². The van der Waals surface area contributed by atoms with Crippen molar-refractivity contribution < 1.29 is 13.7 Å². The van der Waals surface area contributed by atoms with E-state index in [-0.39, 0.29) is 5.82 Å². The maximum absolute atomic E-state index is 13.0. The molecule has 0 N–H and O–H groups in total. The first-order valence-corrected chi connectivity index (χ1v) is 9.85. The van der Waals surface area contributed by atoms with Gasteiger partial charge in [-0.05, 0) is 56.9 Å². The second-order valence-electron chi connectivity index (χ2n) is 7.89. The Morgan fingerprint density at radius 3 is 2.70 bits per heavy atom. The first kappa shape index (κ1) is 18.4. The highest BCUT2D eigenvalue weighted by Gasteiger charge is 2.35. The fourth-order valence-electron chi connectivity index (χ4n) is 4.44. The lowest BCUT2D eigenvalue weighted by atomic mass is 9.95. The van der Waals surface area contributed by atoms with E-state index in [0.717, 1.165) is 49.9 Å². The molecule has 2 aromatic rings. The van der Waals surface area contributed by atoms with Gasteiger partial charge < -0.3 is 9.26 Å². The molecule has 0 amide bonds. The summed E-state index contributed by atoms with van der Waals surface area (Å²) >= 11 is 0. The van der Waals surface area contributed by atoms with Gasteiger partial charge >= 0.3 is 0 Å². The van der Waals surface area contributed by atoms with Crippen molar-refractivity contribution in [2.75, 3.05) is 32.8 Å². The molecule has 0 aliphatic carbocycles. The summed E-state index contributed by atoms with van der Waals surface area (Å²) in [5.41, 5.74) is 2.25. The van der Waals surface area contributed by atoms with E-state index in [1.807, 2.05) is 13.8 Å². The summed E-state index contributed by atoms with van der Waals surface area (Å²) in [7, 11) is 0. The van der Waals surface area contributed by atoms with Crippen molar-refractivity contribution >= 4 is 0 Å². The van der Waals surface area contributed by atoms with E-state index < -0.39 is 0 Å². The molecular formula is C21H28FN3O2. The molecule has 3 aliphatic heterocycles. The van der Waals surface area contributed by atoms with Crippen molar-refractivity contribution in [3.63, 3.8) is 0 Å². The molecule has 0 saturated carbocycles. The van der Waals surface area contributed by atoms with Crippen LogP contribution >= 0.6 is 0 Å². The van der Waals surface area contributed by atoms with Crippen LogP contribution in [-0.2, 0) is 6.54 Å². The van der Waals surface area contributed by atoms with Crippen LogP contribution in [0.4, 0.5) is 4.39 Å². The highest BCUT2D eigenvalue weighted by molar-refractivity contribution is 5.22. The zero-order valence-corrected chi connectivity index (χ0v) is 16.2. The van der Waals surface area contributed by atoms with Crippen LogP contribution in [0.15, 0.2) is 28.8 Å². The summed E-state index contributed by atoms with van der Waals surface area (Å²) in [4.78, 5) is 5.14. The molecule has 3 fully saturated rings. The third-order valence-corrected chi connectivity index (χ3v) is 5.93. The zero-order chi connectivity index (χ0) is 18.8. The van der Waals surface area contributed by atoms with Crippen LogP contribution in [0.3, 0.4) is 0 Å². The van der Waals surface area contributed by atoms with Gasteiger partial charge in [0.2, 0.25) is 0 Å². The predicted molar refractivity (Wildman–Crippen MR) is 101 cm³/mol. The molecule has 146 valence electrons. The summed E-state index contributed by atoms with van der Waals surface area (Å²) in [5, 5.41) is 4.10. The van der Waals surface area contributed by atoms with Gasteiger partial charge in [0.1, 0.15) is 23.9 Å². The van der Waals surface area contributed by atoms with Crippen LogP contribution in [0.25, 0.3) is 0 Å². The third-order valence-electron chi connectivity index (χ3n) is 5.93. The van der Waals surface area contributed by atoms with E-state index in [4.69, 9.17) is 9.26 Å². The van der Waals surface area contributed by atoms with E-state index in [1.54, 1.807) is 12.1 Å². The molecule has 3 aliphatic rings. The molecule has 2 bridgehead atoms. The minimum absolute atomic E-state index is 0.231. The normalized spacial score (nSPS) is 23.5. The van der Waals surface area contributed by atoms with Crippen molar-refractivity contribution in [2.24, 2.45) is 5.92 Å². The Morgan fingerprint density at radius 2 is 1.96 bits per heavy atom. The maximum Gasteiger partial charge on any atom is 0.138 e. The molecular weight excluding hydrogens is 345 g/mol. The standard InChI is InChI=1S/C21H28FN3O2/c1-15-21(16(2)27-23-15)14-24-11-17-3-6-19(13-24)25(12-17)9-10-26-20-7-4-18(22)5-8-20/h4-5,7-8,17,19H,3,6,9-14H2,1-2H3/t17-,19+/m1/s1. The number of benzene rings is 1. The Bertz CT molecular complexity index is 742. The van der Waals surface area contributed by atoms with Crippen LogP contribution in [0.2, 0.25) is 0 Å². The van der Waals surface area contributed by atoms with Crippen LogP contribution in [-0.4, -0.2) is 53.8 Å². The predicted octanol–water partition coefficient (Wildman–Crippen LogP) is 3.41. The lowest BCUT2D eigenvalue weighted by Gasteiger charge is -2.36. The average molecular weight is 373 g/mol. The number of aryl methyl sites for hydroxylation is 2. The van der Waals surface area contributed by atoms with Gasteiger partial charge in [-0.3, -0.25) is 9.80 Å². The molecule has 4 heterocycles. The first-order chi connectivity index (χ1) is 13.1. The fraction of sp³-hybridized carbons (Fsp3) is 0.571. The Balaban J connectivity index is 1.33. The molecule has 1 aromatic heterocycles. The number of fused-ring (bicyclic) bond motifs is 4. The second-order valence-corrected chi connectivity index (χ2v) is 7.89. The number of piperidine rings is 1. The third kappa shape index (κ3) is 4.33. The van der Waals surface area contributed by atoms with E-state index in [0.29, 0.717) is 18.6 Å². The van der Waals surface area contributed by atoms with Crippen molar-refractivity contribution in [1.82, 2.24) is 15.0 Å². The number of rotatable bonds is 6. The Morgan fingerprint density at radius 1 is 1.15 bits per heavy atom. The Hall–Kier alpha value is -1.92. The number of ether oxygens (including phenoxy) is 1. The lowest BCUT2D eigenvalue weighted by molar-refractivity contribution is 0.109. The summed E-state index contributed by atoms with van der Waals surface area (Å²) in [5.74, 6) is 2.14. The highest BCUT2D eigenvalue weighted by Crippen LogP contribution is 2.29. The summed E-state index contributed by atoms with van der Waals surface area (Å²) in [6.07, 6.45) is 2.55. The molecule has 2 atom stereocenters. The SMILES string of the molecule is Cc1noc(C)c1CN1C[C@H]2CC[C@@H](C1)N(CCOc1ccc(F)cc1)C2. The summed E-state index contributed by atoms with van der Waals surface area (Å²) in [6.45, 7) is 9.85. The zero-order valence-electron chi connectivity index (χ0n) is 16.2. The first-order valence-electron chi connectivity index (χ1n) is 9.85. The van der Waals surface area contributed by atoms with Crippen molar-refractivity contribution in [2.45, 2.75) is 39.3 Å². The van der Waals surface area contributed by atoms with Gasteiger partial charge in [-0.1, -0.05) is 5.16 Å². The minimum atomic E-state index is -0.231. The quantitative estimate of drug-likeness (QED) is 0.776. The molecule has 3 saturated heterocycles. The van der Waals surface area contributed by atoms with Gasteiger partial charge in [-0.15, -0.1) is 0 Å². The molecule has 5 nitrogen and oxygen atoms in total. The van der Waals surface area contributed by atoms with E-state index in [2.05, 4.69) is 15.0 Å². The largest absolute Gasteiger partial charge is 0.492 e. The Kier molecular flexibility index (Phi) is 5.45. The fourth-order valence-corrected chi connectivity index (χ4v) is 4.44. The average Bonchev–Trinajstić information content (AvgIpc) is 2.83. The van der Waals surface area contributed by atoms with Gasteiger partial charge in [-0.2, -0.15) is 0 Å². The minimum Gasteiger partial charge on any atom is -0.492 e. The van der Waals surface area contributed by atoms with Crippen molar-refractivity contribution in [1.29, 1.82) is 0 Å². The van der Waals surface area contributed by atoms with Crippen molar-refractivity contribution in [3.8, 4) is 5.75 Å². The van der Waals surface area contributed by atoms with Crippen molar-refractivity contribution in [3.05, 3.63) is 47.1 Å². The summed E-state index contributed by atoms with van der Waals surface area (Å²) in [6, 6.07) is 6.83. The molecule has 6 heteroatoms. The topological polar surface area (TPSA) is 41.7 Å². The second kappa shape index (κ2) is 7.98. The molecule has 0 spiro atoms. The molecule has 1 aromatic carbocycles. The molecule has 27 heavy (non-hydrogen) atoms. The number of hydrogen-bond acceptors (Lipinski definition) is 5. The highest BCUT2D eigenvalue weighted by atomic mass is 19.1. The number of nitrogens with zero attached hydrogens (tertiary/aromatic N) is 3. The number of hydrogen-bond donors (Lipinski definition) is 0. The summed E-state index contributed by atoms with van der Waals surface area (Å²) < 4.78 is 24.1. The number of aromatic nitrogens is 1.